The van der Waals surface area contributed by atoms with Crippen LogP contribution in [0.4, 0.5) is 0 Å². The molecule has 0 aliphatic carbocycles. The second-order valence-corrected chi connectivity index (χ2v) is 12.9. The molecule has 5 aromatic rings. The zero-order valence-electron chi connectivity index (χ0n) is 21.0. The summed E-state index contributed by atoms with van der Waals surface area (Å²) < 4.78 is 13.7. The van der Waals surface area contributed by atoms with Gasteiger partial charge in [-0.1, -0.05) is 115 Å². The average Bonchev–Trinajstić information content (AvgIpc) is 3.42. The van der Waals surface area contributed by atoms with Crippen molar-refractivity contribution in [2.75, 3.05) is 6.16 Å². The standard InChI is InChI=1S/C34H30O2P.BrH/c1-6-16-27(17-7-1)33-34(28-18-8-2-9-19-28)36-32(35-33)26-37(29-20-10-3-11-21-29,30-22-12-4-13-23-30)31-24-14-5-15-25-31;/h1-25,32-34H,26H2;1H/q+1;/p-1/t33-,34-;/m0./s1. The van der Waals surface area contributed by atoms with Gasteiger partial charge in [0.05, 0.1) is 0 Å². The topological polar surface area (TPSA) is 18.5 Å². The number of halogens is 1. The third-order valence-electron chi connectivity index (χ3n) is 7.14. The highest BCUT2D eigenvalue weighted by Gasteiger charge is 2.51. The third kappa shape index (κ3) is 5.25. The molecule has 1 fully saturated rings. The minimum atomic E-state index is -2.09. The van der Waals surface area contributed by atoms with Gasteiger partial charge in [0.15, 0.2) is 6.29 Å². The van der Waals surface area contributed by atoms with Gasteiger partial charge in [0, 0.05) is 0 Å². The van der Waals surface area contributed by atoms with Gasteiger partial charge in [-0.2, -0.15) is 0 Å². The van der Waals surface area contributed by atoms with Crippen LogP contribution in [-0.2, 0) is 9.47 Å². The van der Waals surface area contributed by atoms with Crippen molar-refractivity contribution >= 4 is 23.2 Å². The molecule has 0 spiro atoms. The lowest BCUT2D eigenvalue weighted by Gasteiger charge is -2.29. The van der Waals surface area contributed by atoms with Crippen LogP contribution in [0.3, 0.4) is 0 Å². The van der Waals surface area contributed by atoms with Crippen LogP contribution in [0.1, 0.15) is 23.3 Å². The fourth-order valence-electron chi connectivity index (χ4n) is 5.41. The molecule has 2 nitrogen and oxygen atoms in total. The Hall–Kier alpha value is -3.07. The predicted octanol–water partition coefficient (Wildman–Crippen LogP) is 3.84. The lowest BCUT2D eigenvalue weighted by molar-refractivity contribution is -0.0486. The maximum atomic E-state index is 6.84. The minimum Gasteiger partial charge on any atom is -1.00 e. The van der Waals surface area contributed by atoms with E-state index in [-0.39, 0.29) is 35.5 Å². The Bertz CT molecular complexity index is 1260. The molecule has 0 amide bonds. The summed E-state index contributed by atoms with van der Waals surface area (Å²) in [6.45, 7) is 0. The molecular formula is C34H30BrO2P. The molecule has 190 valence electrons. The highest BCUT2D eigenvalue weighted by molar-refractivity contribution is 7.95. The Kier molecular flexibility index (Phi) is 8.51. The van der Waals surface area contributed by atoms with E-state index in [1.807, 2.05) is 12.1 Å². The number of hydrogen-bond donors (Lipinski definition) is 0. The van der Waals surface area contributed by atoms with Crippen LogP contribution >= 0.6 is 7.26 Å². The van der Waals surface area contributed by atoms with Crippen molar-refractivity contribution < 1.29 is 26.5 Å². The van der Waals surface area contributed by atoms with Crippen molar-refractivity contribution in [3.8, 4) is 0 Å². The van der Waals surface area contributed by atoms with Crippen LogP contribution in [0.25, 0.3) is 0 Å². The molecule has 5 aromatic carbocycles. The van der Waals surface area contributed by atoms with Crippen molar-refractivity contribution in [1.29, 1.82) is 0 Å². The molecule has 6 rings (SSSR count). The Balaban J connectivity index is 0.00000294. The summed E-state index contributed by atoms with van der Waals surface area (Å²) in [5.74, 6) is 0. The number of hydrogen-bond acceptors (Lipinski definition) is 2. The van der Waals surface area contributed by atoms with Gasteiger partial charge in [-0.05, 0) is 47.5 Å². The Labute approximate surface area is 236 Å². The summed E-state index contributed by atoms with van der Waals surface area (Å²) in [5, 5.41) is 4.00. The Morgan fingerprint density at radius 2 is 0.711 bits per heavy atom. The predicted molar refractivity (Wildman–Crippen MR) is 154 cm³/mol. The summed E-state index contributed by atoms with van der Waals surface area (Å²) >= 11 is 0. The van der Waals surface area contributed by atoms with Gasteiger partial charge in [-0.15, -0.1) is 0 Å². The van der Waals surface area contributed by atoms with Crippen LogP contribution in [0.15, 0.2) is 152 Å². The van der Waals surface area contributed by atoms with Gasteiger partial charge in [-0.25, -0.2) is 0 Å². The first-order valence-electron chi connectivity index (χ1n) is 12.8. The molecule has 0 aromatic heterocycles. The Morgan fingerprint density at radius 3 is 1.03 bits per heavy atom. The van der Waals surface area contributed by atoms with Crippen LogP contribution in [0, 0.1) is 0 Å². The number of benzene rings is 5. The van der Waals surface area contributed by atoms with Gasteiger partial charge < -0.3 is 26.5 Å². The van der Waals surface area contributed by atoms with E-state index in [4.69, 9.17) is 9.47 Å². The monoisotopic (exact) mass is 580 g/mol. The first-order chi connectivity index (χ1) is 18.3. The molecule has 0 bridgehead atoms. The molecule has 1 heterocycles. The van der Waals surface area contributed by atoms with E-state index in [0.717, 1.165) is 17.3 Å². The maximum Gasteiger partial charge on any atom is 0.194 e. The molecule has 0 unspecified atom stereocenters. The largest absolute Gasteiger partial charge is 1.00 e. The molecule has 0 N–H and O–H groups in total. The summed E-state index contributed by atoms with van der Waals surface area (Å²) in [6, 6.07) is 53.7. The highest BCUT2D eigenvalue weighted by Crippen LogP contribution is 2.58. The fourth-order valence-corrected chi connectivity index (χ4v) is 9.60. The van der Waals surface area contributed by atoms with E-state index in [2.05, 4.69) is 140 Å². The first-order valence-corrected chi connectivity index (χ1v) is 14.8. The molecule has 38 heavy (non-hydrogen) atoms. The smallest absolute Gasteiger partial charge is 0.194 e. The van der Waals surface area contributed by atoms with Crippen molar-refractivity contribution in [2.24, 2.45) is 0 Å². The van der Waals surface area contributed by atoms with E-state index < -0.39 is 7.26 Å². The summed E-state index contributed by atoms with van der Waals surface area (Å²) in [4.78, 5) is 0. The molecule has 0 radical (unpaired) electrons. The Morgan fingerprint density at radius 1 is 0.421 bits per heavy atom. The molecular weight excluding hydrogens is 551 g/mol. The normalized spacial score (nSPS) is 17.6. The second-order valence-electron chi connectivity index (χ2n) is 9.36. The molecule has 2 atom stereocenters. The summed E-state index contributed by atoms with van der Waals surface area (Å²) in [7, 11) is -2.09. The van der Waals surface area contributed by atoms with E-state index in [9.17, 15) is 0 Å². The molecule has 1 aliphatic heterocycles. The number of rotatable bonds is 7. The van der Waals surface area contributed by atoms with Crippen LogP contribution in [-0.4, -0.2) is 12.5 Å². The SMILES string of the molecule is [Br-].c1ccc([C@@H]2OC(C[P+](c3ccccc3)(c3ccccc3)c3ccccc3)O[C@H]2c2ccccc2)cc1. The van der Waals surface area contributed by atoms with E-state index >= 15 is 0 Å². The lowest BCUT2D eigenvalue weighted by atomic mass is 9.99. The van der Waals surface area contributed by atoms with Gasteiger partial charge in [0.25, 0.3) is 0 Å². The number of ether oxygens (including phenoxy) is 2. The van der Waals surface area contributed by atoms with Crippen LogP contribution in [0.5, 0.6) is 0 Å². The highest BCUT2D eigenvalue weighted by atomic mass is 79.9. The van der Waals surface area contributed by atoms with Crippen molar-refractivity contribution in [2.45, 2.75) is 18.5 Å². The van der Waals surface area contributed by atoms with Gasteiger partial charge in [-0.3, -0.25) is 0 Å². The third-order valence-corrected chi connectivity index (χ3v) is 11.5. The van der Waals surface area contributed by atoms with Crippen LogP contribution in [0.2, 0.25) is 0 Å². The average molecular weight is 581 g/mol. The maximum absolute atomic E-state index is 6.84. The second kappa shape index (κ2) is 12.2. The molecule has 4 heteroatoms. The van der Waals surface area contributed by atoms with Gasteiger partial charge >= 0.3 is 0 Å². The molecule has 1 aliphatic rings. The van der Waals surface area contributed by atoms with E-state index in [0.29, 0.717) is 0 Å². The van der Waals surface area contributed by atoms with Gasteiger partial charge in [0.1, 0.15) is 41.5 Å². The van der Waals surface area contributed by atoms with Crippen molar-refractivity contribution in [3.05, 3.63) is 163 Å². The summed E-state index contributed by atoms with van der Waals surface area (Å²) in [5.41, 5.74) is 2.28. The first kappa shape index (κ1) is 26.5. The van der Waals surface area contributed by atoms with E-state index in [1.54, 1.807) is 0 Å². The summed E-state index contributed by atoms with van der Waals surface area (Å²) in [6.07, 6.45) is 0.0672. The zero-order chi connectivity index (χ0) is 24.9. The molecule has 1 saturated heterocycles. The minimum absolute atomic E-state index is 0. The molecule has 0 saturated carbocycles. The van der Waals surface area contributed by atoms with E-state index in [1.165, 1.54) is 15.9 Å². The van der Waals surface area contributed by atoms with Gasteiger partial charge in [0.2, 0.25) is 0 Å². The fraction of sp³-hybridized carbons (Fsp3) is 0.118. The van der Waals surface area contributed by atoms with Crippen molar-refractivity contribution in [1.82, 2.24) is 0 Å². The van der Waals surface area contributed by atoms with Crippen LogP contribution < -0.4 is 32.9 Å². The quantitative estimate of drug-likeness (QED) is 0.272. The zero-order valence-corrected chi connectivity index (χ0v) is 23.5. The van der Waals surface area contributed by atoms with Crippen molar-refractivity contribution in [3.63, 3.8) is 0 Å². The lowest BCUT2D eigenvalue weighted by Crippen LogP contribution is -3.00.